The summed E-state index contributed by atoms with van der Waals surface area (Å²) in [6, 6.07) is 6.22. The highest BCUT2D eigenvalue weighted by Gasteiger charge is 2.03. The number of carbonyl (C=O) groups is 1. The maximum absolute atomic E-state index is 13.2. The number of nitrogens with two attached hydrogens (primary N) is 1. The molecule has 0 atom stereocenters. The molecule has 5 heteroatoms. The summed E-state index contributed by atoms with van der Waals surface area (Å²) in [7, 11) is 0. The summed E-state index contributed by atoms with van der Waals surface area (Å²) in [6.07, 6.45) is 1.71. The normalized spacial score (nSPS) is 10.1. The fourth-order valence-electron chi connectivity index (χ4n) is 1.39. The van der Waals surface area contributed by atoms with Crippen molar-refractivity contribution in [3.05, 3.63) is 30.1 Å². The molecule has 0 unspecified atom stereocenters. The highest BCUT2D eigenvalue weighted by atomic mass is 19.1. The maximum atomic E-state index is 13.2. The minimum Gasteiger partial charge on any atom is -0.491 e. The molecule has 0 bridgehead atoms. The predicted molar refractivity (Wildman–Crippen MR) is 67.8 cm³/mol. The number of amides is 1. The molecule has 1 aromatic rings. The standard InChI is InChI=1S/C13H19FN2O2/c14-11-5-1-2-6-12(11)18-10-3-7-13(17)16-9-4-8-15/h1-2,5-6H,3-4,7-10,15H2,(H,16,17). The predicted octanol–water partition coefficient (Wildman–Crippen LogP) is 1.45. The van der Waals surface area contributed by atoms with Crippen molar-refractivity contribution >= 4 is 5.91 Å². The molecule has 4 nitrogen and oxygen atoms in total. The third kappa shape index (κ3) is 5.63. The van der Waals surface area contributed by atoms with Gasteiger partial charge in [-0.1, -0.05) is 12.1 Å². The Morgan fingerprint density at radius 1 is 1.33 bits per heavy atom. The Morgan fingerprint density at radius 3 is 2.83 bits per heavy atom. The molecule has 1 aromatic carbocycles. The second kappa shape index (κ2) is 8.47. The van der Waals surface area contributed by atoms with Crippen LogP contribution in [0.1, 0.15) is 19.3 Å². The lowest BCUT2D eigenvalue weighted by molar-refractivity contribution is -0.121. The fraction of sp³-hybridized carbons (Fsp3) is 0.462. The summed E-state index contributed by atoms with van der Waals surface area (Å²) in [5.74, 6) is -0.188. The number of halogens is 1. The highest BCUT2D eigenvalue weighted by molar-refractivity contribution is 5.75. The van der Waals surface area contributed by atoms with Gasteiger partial charge in [0.2, 0.25) is 5.91 Å². The molecule has 3 N–H and O–H groups in total. The van der Waals surface area contributed by atoms with Gasteiger partial charge in [0.05, 0.1) is 6.61 Å². The van der Waals surface area contributed by atoms with E-state index in [4.69, 9.17) is 10.5 Å². The molecular formula is C13H19FN2O2. The fourth-order valence-corrected chi connectivity index (χ4v) is 1.39. The molecule has 0 fully saturated rings. The second-order valence-electron chi connectivity index (χ2n) is 3.87. The average Bonchev–Trinajstić information content (AvgIpc) is 2.37. The lowest BCUT2D eigenvalue weighted by Crippen LogP contribution is -2.26. The Morgan fingerprint density at radius 2 is 2.11 bits per heavy atom. The summed E-state index contributed by atoms with van der Waals surface area (Å²) in [6.45, 7) is 1.49. The van der Waals surface area contributed by atoms with Gasteiger partial charge >= 0.3 is 0 Å². The zero-order valence-corrected chi connectivity index (χ0v) is 10.3. The van der Waals surface area contributed by atoms with Crippen LogP contribution < -0.4 is 15.8 Å². The van der Waals surface area contributed by atoms with Gasteiger partial charge in [-0.15, -0.1) is 0 Å². The van der Waals surface area contributed by atoms with Crippen LogP contribution >= 0.6 is 0 Å². The van der Waals surface area contributed by atoms with Crippen molar-refractivity contribution in [1.82, 2.24) is 5.32 Å². The van der Waals surface area contributed by atoms with Crippen LogP contribution in [0.3, 0.4) is 0 Å². The third-order valence-electron chi connectivity index (χ3n) is 2.35. The zero-order chi connectivity index (χ0) is 13.2. The van der Waals surface area contributed by atoms with Gasteiger partial charge in [0.15, 0.2) is 11.6 Å². The van der Waals surface area contributed by atoms with Gasteiger partial charge in [0.1, 0.15) is 0 Å². The van der Waals surface area contributed by atoms with Crippen LogP contribution in [0.15, 0.2) is 24.3 Å². The number of ether oxygens (including phenoxy) is 1. The van der Waals surface area contributed by atoms with Crippen molar-refractivity contribution in [3.63, 3.8) is 0 Å². The zero-order valence-electron chi connectivity index (χ0n) is 10.3. The van der Waals surface area contributed by atoms with Gasteiger partial charge in [-0.2, -0.15) is 0 Å². The van der Waals surface area contributed by atoms with Crippen molar-refractivity contribution in [3.8, 4) is 5.75 Å². The molecule has 0 aromatic heterocycles. The lowest BCUT2D eigenvalue weighted by atomic mass is 10.3. The van der Waals surface area contributed by atoms with E-state index in [-0.39, 0.29) is 17.5 Å². The largest absolute Gasteiger partial charge is 0.491 e. The first-order valence-electron chi connectivity index (χ1n) is 6.08. The van der Waals surface area contributed by atoms with E-state index < -0.39 is 0 Å². The van der Waals surface area contributed by atoms with Crippen LogP contribution in [0.2, 0.25) is 0 Å². The smallest absolute Gasteiger partial charge is 0.220 e. The number of para-hydroxylation sites is 1. The van der Waals surface area contributed by atoms with E-state index >= 15 is 0 Å². The van der Waals surface area contributed by atoms with Crippen molar-refractivity contribution < 1.29 is 13.9 Å². The van der Waals surface area contributed by atoms with E-state index in [2.05, 4.69) is 5.32 Å². The molecule has 18 heavy (non-hydrogen) atoms. The van der Waals surface area contributed by atoms with Gasteiger partial charge in [-0.25, -0.2) is 4.39 Å². The van der Waals surface area contributed by atoms with Gasteiger partial charge in [-0.3, -0.25) is 4.79 Å². The molecule has 1 amide bonds. The maximum Gasteiger partial charge on any atom is 0.220 e. The molecule has 0 aliphatic carbocycles. The molecule has 1 rings (SSSR count). The van der Waals surface area contributed by atoms with Gasteiger partial charge in [0, 0.05) is 13.0 Å². The van der Waals surface area contributed by atoms with E-state index in [1.807, 2.05) is 0 Å². The van der Waals surface area contributed by atoms with Crippen molar-refractivity contribution in [2.75, 3.05) is 19.7 Å². The van der Waals surface area contributed by atoms with E-state index in [1.54, 1.807) is 18.2 Å². The molecule has 100 valence electrons. The molecule has 0 heterocycles. The lowest BCUT2D eigenvalue weighted by Gasteiger charge is -2.07. The number of hydrogen-bond acceptors (Lipinski definition) is 3. The number of carbonyl (C=O) groups excluding carboxylic acids is 1. The molecule has 0 aliphatic rings. The van der Waals surface area contributed by atoms with Crippen LogP contribution in [0.5, 0.6) is 5.75 Å². The summed E-state index contributed by atoms with van der Waals surface area (Å²) in [4.78, 5) is 11.3. The summed E-state index contributed by atoms with van der Waals surface area (Å²) in [5.41, 5.74) is 5.31. The average molecular weight is 254 g/mol. The van der Waals surface area contributed by atoms with Crippen molar-refractivity contribution in [2.24, 2.45) is 5.73 Å². The molecule has 0 aliphatic heterocycles. The SMILES string of the molecule is NCCCNC(=O)CCCOc1ccccc1F. The summed E-state index contributed by atoms with van der Waals surface area (Å²) < 4.78 is 18.4. The first-order valence-corrected chi connectivity index (χ1v) is 6.08. The van der Waals surface area contributed by atoms with Gasteiger partial charge < -0.3 is 15.8 Å². The Kier molecular flexibility index (Phi) is 6.79. The number of hydrogen-bond donors (Lipinski definition) is 2. The second-order valence-corrected chi connectivity index (χ2v) is 3.87. The number of nitrogens with one attached hydrogen (secondary N) is 1. The first-order chi connectivity index (χ1) is 8.74. The van der Waals surface area contributed by atoms with E-state index in [0.29, 0.717) is 32.5 Å². The van der Waals surface area contributed by atoms with Crippen LogP contribution in [0, 0.1) is 5.82 Å². The van der Waals surface area contributed by atoms with Crippen LogP contribution in [-0.2, 0) is 4.79 Å². The first kappa shape index (κ1) is 14.4. The third-order valence-corrected chi connectivity index (χ3v) is 2.35. The van der Waals surface area contributed by atoms with Crippen molar-refractivity contribution in [1.29, 1.82) is 0 Å². The number of rotatable bonds is 8. The Balaban J connectivity index is 2.12. The molecule has 0 saturated heterocycles. The number of benzene rings is 1. The van der Waals surface area contributed by atoms with E-state index in [1.165, 1.54) is 6.07 Å². The van der Waals surface area contributed by atoms with Gasteiger partial charge in [-0.05, 0) is 31.5 Å². The monoisotopic (exact) mass is 254 g/mol. The summed E-state index contributed by atoms with van der Waals surface area (Å²) in [5, 5.41) is 2.75. The quantitative estimate of drug-likeness (QED) is 0.690. The van der Waals surface area contributed by atoms with Crippen molar-refractivity contribution in [2.45, 2.75) is 19.3 Å². The van der Waals surface area contributed by atoms with Gasteiger partial charge in [0.25, 0.3) is 0 Å². The van der Waals surface area contributed by atoms with E-state index in [0.717, 1.165) is 6.42 Å². The van der Waals surface area contributed by atoms with Crippen LogP contribution in [0.4, 0.5) is 4.39 Å². The molecular weight excluding hydrogens is 235 g/mol. The van der Waals surface area contributed by atoms with Crippen LogP contribution in [-0.4, -0.2) is 25.6 Å². The Bertz CT molecular complexity index is 372. The molecule has 0 saturated carbocycles. The van der Waals surface area contributed by atoms with E-state index in [9.17, 15) is 9.18 Å². The molecule has 0 radical (unpaired) electrons. The Hall–Kier alpha value is -1.62. The minimum absolute atomic E-state index is 0.0272. The summed E-state index contributed by atoms with van der Waals surface area (Å²) >= 11 is 0. The topological polar surface area (TPSA) is 64.3 Å². The Labute approximate surface area is 106 Å². The molecule has 0 spiro atoms. The minimum atomic E-state index is -0.384. The highest BCUT2D eigenvalue weighted by Crippen LogP contribution is 2.15. The van der Waals surface area contributed by atoms with Crippen LogP contribution in [0.25, 0.3) is 0 Å².